The molecule has 0 fully saturated rings. The maximum absolute atomic E-state index is 6.33. The molecule has 0 N–H and O–H groups in total. The third-order valence-corrected chi connectivity index (χ3v) is 16.4. The third kappa shape index (κ3) is 6.89. The van der Waals surface area contributed by atoms with Gasteiger partial charge < -0.3 is 8.85 Å². The first-order valence-corrected chi connectivity index (χ1v) is 15.3. The molecule has 2 nitrogen and oxygen atoms in total. The van der Waals surface area contributed by atoms with Gasteiger partial charge in [-0.25, -0.2) is 0 Å². The Bertz CT molecular complexity index is 293. The van der Waals surface area contributed by atoms with Crippen molar-refractivity contribution in [2.24, 2.45) is 0 Å². The monoisotopic (exact) mass is 472 g/mol. The summed E-state index contributed by atoms with van der Waals surface area (Å²) < 4.78 is 14.9. The fourth-order valence-corrected chi connectivity index (χ4v) is 8.71. The highest BCUT2D eigenvalue weighted by Crippen LogP contribution is 2.28. The number of hydrogen-bond acceptors (Lipinski definition) is 2. The van der Waals surface area contributed by atoms with Gasteiger partial charge in [-0.1, -0.05) is 73.4 Å². The Kier molecular flexibility index (Phi) is 12.1. The Labute approximate surface area is 156 Å². The molecule has 0 amide bonds. The van der Waals surface area contributed by atoms with Gasteiger partial charge in [0.2, 0.25) is 0 Å². The van der Waals surface area contributed by atoms with Crippen LogP contribution in [0, 0.1) is 0 Å². The van der Waals surface area contributed by atoms with Crippen molar-refractivity contribution in [1.82, 2.24) is 0 Å². The minimum atomic E-state index is -1.52. The van der Waals surface area contributed by atoms with Gasteiger partial charge in [0.05, 0.1) is 13.2 Å². The van der Waals surface area contributed by atoms with Crippen molar-refractivity contribution in [3.05, 3.63) is 8.96 Å². The lowest BCUT2D eigenvalue weighted by Gasteiger charge is -2.29. The third-order valence-electron chi connectivity index (χ3n) is 5.17. The predicted molar refractivity (Wildman–Crippen MR) is 111 cm³/mol. The van der Waals surface area contributed by atoms with Gasteiger partial charge in [-0.3, -0.25) is 0 Å². The fourth-order valence-electron chi connectivity index (χ4n) is 2.70. The summed E-state index contributed by atoms with van der Waals surface area (Å²) in [5.74, 6) is 0. The highest BCUT2D eigenvalue weighted by atomic mass is 79.9. The molecule has 0 heterocycles. The Morgan fingerprint density at radius 3 is 1.00 bits per heavy atom. The van der Waals surface area contributed by atoms with E-state index >= 15 is 0 Å². The van der Waals surface area contributed by atoms with Crippen molar-refractivity contribution in [3.63, 3.8) is 0 Å². The van der Waals surface area contributed by atoms with E-state index in [1.54, 1.807) is 0 Å². The first-order chi connectivity index (χ1) is 10.4. The van der Waals surface area contributed by atoms with E-state index < -0.39 is 16.6 Å². The molecule has 0 bridgehead atoms. The molecular weight excluding hydrogens is 440 g/mol. The van der Waals surface area contributed by atoms with E-state index in [0.717, 1.165) is 8.96 Å². The van der Waals surface area contributed by atoms with Crippen LogP contribution in [0.3, 0.4) is 0 Å². The van der Waals surface area contributed by atoms with Crippen LogP contribution >= 0.6 is 31.9 Å². The maximum atomic E-state index is 6.33. The molecule has 0 unspecified atom stereocenters. The number of rotatable bonds is 12. The van der Waals surface area contributed by atoms with Crippen molar-refractivity contribution in [2.45, 2.75) is 77.8 Å². The Hall–Kier alpha value is 1.05. The number of halogens is 2. The molecule has 0 aliphatic heterocycles. The molecule has 0 atom stereocenters. The van der Waals surface area contributed by atoms with Crippen LogP contribution in [-0.2, 0) is 8.85 Å². The second kappa shape index (κ2) is 11.6. The molecule has 0 saturated carbocycles. The molecule has 0 saturated heterocycles. The normalized spacial score (nSPS) is 14.2. The van der Waals surface area contributed by atoms with Crippen LogP contribution in [0.25, 0.3) is 0 Å². The summed E-state index contributed by atoms with van der Waals surface area (Å²) in [5.41, 5.74) is 0. The van der Waals surface area contributed by atoms with E-state index in [1.807, 2.05) is 0 Å². The number of hydrogen-bond donors (Lipinski definition) is 0. The molecule has 0 radical (unpaired) electrons. The SMILES string of the molecule is CC[Si](CC)(CC)OCC(Br)=C(Br)CO[Si](CC)(CC)CC. The van der Waals surface area contributed by atoms with E-state index in [2.05, 4.69) is 73.4 Å². The largest absolute Gasteiger partial charge is 0.412 e. The minimum Gasteiger partial charge on any atom is -0.412 e. The lowest BCUT2D eigenvalue weighted by molar-refractivity contribution is 0.327. The highest BCUT2D eigenvalue weighted by molar-refractivity contribution is 9.14. The van der Waals surface area contributed by atoms with Crippen LogP contribution in [-0.4, -0.2) is 29.8 Å². The van der Waals surface area contributed by atoms with Crippen molar-refractivity contribution < 1.29 is 8.85 Å². The lowest BCUT2D eigenvalue weighted by atomic mass is 10.5. The van der Waals surface area contributed by atoms with Crippen LogP contribution in [0.5, 0.6) is 0 Å². The summed E-state index contributed by atoms with van der Waals surface area (Å²) in [5, 5.41) is 0. The van der Waals surface area contributed by atoms with E-state index in [0.29, 0.717) is 13.2 Å². The summed E-state index contributed by atoms with van der Waals surface area (Å²) in [6.07, 6.45) is 0. The molecule has 0 aliphatic rings. The van der Waals surface area contributed by atoms with Crippen LogP contribution in [0.4, 0.5) is 0 Å². The smallest absolute Gasteiger partial charge is 0.192 e. The maximum Gasteiger partial charge on any atom is 0.192 e. The molecule has 0 aromatic heterocycles. The van der Waals surface area contributed by atoms with E-state index in [9.17, 15) is 0 Å². The highest BCUT2D eigenvalue weighted by Gasteiger charge is 2.30. The fraction of sp³-hybridized carbons (Fsp3) is 0.875. The summed E-state index contributed by atoms with van der Waals surface area (Å²) in [6, 6.07) is 7.12. The van der Waals surface area contributed by atoms with Crippen molar-refractivity contribution in [3.8, 4) is 0 Å². The van der Waals surface area contributed by atoms with Gasteiger partial charge in [-0.15, -0.1) is 0 Å². The van der Waals surface area contributed by atoms with Gasteiger partial charge in [0.1, 0.15) is 0 Å². The topological polar surface area (TPSA) is 18.5 Å². The Morgan fingerprint density at radius 2 is 0.818 bits per heavy atom. The molecule has 0 spiro atoms. The average Bonchev–Trinajstić information content (AvgIpc) is 2.57. The summed E-state index contributed by atoms with van der Waals surface area (Å²) in [7, 11) is -3.05. The predicted octanol–water partition coefficient (Wildman–Crippen LogP) is 7.03. The van der Waals surface area contributed by atoms with Gasteiger partial charge in [-0.05, 0) is 36.3 Å². The molecule has 6 heteroatoms. The van der Waals surface area contributed by atoms with Crippen molar-refractivity contribution >= 4 is 48.5 Å². The second-order valence-electron chi connectivity index (χ2n) is 5.87. The molecule has 0 rings (SSSR count). The first kappa shape index (κ1) is 23.1. The van der Waals surface area contributed by atoms with Gasteiger partial charge >= 0.3 is 0 Å². The Balaban J connectivity index is 4.67. The van der Waals surface area contributed by atoms with Crippen LogP contribution < -0.4 is 0 Å². The van der Waals surface area contributed by atoms with E-state index in [-0.39, 0.29) is 0 Å². The summed E-state index contributed by atoms with van der Waals surface area (Å²) in [4.78, 5) is 0. The van der Waals surface area contributed by atoms with Gasteiger partial charge in [-0.2, -0.15) is 0 Å². The van der Waals surface area contributed by atoms with Gasteiger partial charge in [0.15, 0.2) is 16.6 Å². The van der Waals surface area contributed by atoms with E-state index in [1.165, 1.54) is 36.3 Å². The minimum absolute atomic E-state index is 0.671. The first-order valence-electron chi connectivity index (χ1n) is 8.68. The molecule has 0 aliphatic carbocycles. The van der Waals surface area contributed by atoms with Crippen molar-refractivity contribution in [1.29, 1.82) is 0 Å². The average molecular weight is 474 g/mol. The molecule has 132 valence electrons. The zero-order valence-electron chi connectivity index (χ0n) is 15.2. The molecular formula is C16H34Br2O2Si2. The van der Waals surface area contributed by atoms with Crippen LogP contribution in [0.1, 0.15) is 41.5 Å². The van der Waals surface area contributed by atoms with Crippen LogP contribution in [0.2, 0.25) is 36.3 Å². The quantitative estimate of drug-likeness (QED) is 0.283. The standard InChI is InChI=1S/C16H34Br2O2Si2/c1-7-21(8-2,9-3)19-13-15(17)16(18)14-20-22(10-4,11-5)12-6/h7-14H2,1-6H3. The van der Waals surface area contributed by atoms with Crippen LogP contribution in [0.15, 0.2) is 8.96 Å². The summed E-state index contributed by atoms with van der Waals surface area (Å²) in [6.45, 7) is 14.9. The lowest BCUT2D eigenvalue weighted by Crippen LogP contribution is -2.37. The van der Waals surface area contributed by atoms with Gasteiger partial charge in [0.25, 0.3) is 0 Å². The summed E-state index contributed by atoms with van der Waals surface area (Å²) >= 11 is 7.36. The van der Waals surface area contributed by atoms with Crippen molar-refractivity contribution in [2.75, 3.05) is 13.2 Å². The molecule has 0 aromatic carbocycles. The Morgan fingerprint density at radius 1 is 0.591 bits per heavy atom. The second-order valence-corrected chi connectivity index (χ2v) is 17.3. The zero-order valence-corrected chi connectivity index (χ0v) is 20.4. The zero-order chi connectivity index (χ0) is 17.2. The van der Waals surface area contributed by atoms with E-state index in [4.69, 9.17) is 8.85 Å². The molecule has 22 heavy (non-hydrogen) atoms. The molecule has 0 aromatic rings. The van der Waals surface area contributed by atoms with Gasteiger partial charge in [0, 0.05) is 8.96 Å².